The molecule has 23 heavy (non-hydrogen) atoms. The summed E-state index contributed by atoms with van der Waals surface area (Å²) < 4.78 is 23.7. The van der Waals surface area contributed by atoms with E-state index in [9.17, 15) is 18.3 Å². The molecule has 0 bridgehead atoms. The largest absolute Gasteiger partial charge is 0.506 e. The molecule has 1 aromatic carbocycles. The van der Waals surface area contributed by atoms with Crippen molar-refractivity contribution in [2.75, 3.05) is 11.1 Å². The second-order valence-corrected chi connectivity index (χ2v) is 7.93. The molecule has 1 amide bonds. The summed E-state index contributed by atoms with van der Waals surface area (Å²) in [4.78, 5) is 12.0. The van der Waals surface area contributed by atoms with E-state index >= 15 is 0 Å². The molecule has 0 aliphatic carbocycles. The van der Waals surface area contributed by atoms with Crippen LogP contribution in [0.25, 0.3) is 0 Å². The molecule has 0 aliphatic heterocycles. The third-order valence-electron chi connectivity index (χ3n) is 3.74. The molecular weight excluding hydrogens is 314 g/mol. The predicted molar refractivity (Wildman–Crippen MR) is 92.5 cm³/mol. The summed E-state index contributed by atoms with van der Waals surface area (Å²) in [6.07, 6.45) is 6.89. The number of carbonyl (C=O) groups is 1. The fourth-order valence-electron chi connectivity index (χ4n) is 2.25. The summed E-state index contributed by atoms with van der Waals surface area (Å²) in [6.45, 7) is 3.71. The van der Waals surface area contributed by atoms with Crippen molar-refractivity contribution in [3.8, 4) is 5.75 Å². The van der Waals surface area contributed by atoms with Crippen LogP contribution in [0.1, 0.15) is 58.8 Å². The highest BCUT2D eigenvalue weighted by Gasteiger charge is 2.15. The van der Waals surface area contributed by atoms with Gasteiger partial charge in [0.05, 0.1) is 16.3 Å². The number of nitrogens with one attached hydrogen (secondary N) is 1. The van der Waals surface area contributed by atoms with E-state index in [1.54, 1.807) is 6.92 Å². The minimum Gasteiger partial charge on any atom is -0.506 e. The number of unbranched alkanes of at least 4 members (excludes halogenated alkanes) is 5. The van der Waals surface area contributed by atoms with E-state index in [-0.39, 0.29) is 28.0 Å². The van der Waals surface area contributed by atoms with Gasteiger partial charge in [-0.1, -0.05) is 46.0 Å². The first-order chi connectivity index (χ1) is 10.9. The summed E-state index contributed by atoms with van der Waals surface area (Å²) in [5.74, 6) is -0.360. The fourth-order valence-corrected chi connectivity index (χ4v) is 3.16. The SMILES string of the molecule is CCCCCCCCC(=O)Nc1cc(S(=O)(=O)CC)ccc1O. The topological polar surface area (TPSA) is 83.5 Å². The first-order valence-electron chi connectivity index (χ1n) is 8.26. The minimum absolute atomic E-state index is 0.0249. The third-order valence-corrected chi connectivity index (χ3v) is 5.47. The van der Waals surface area contributed by atoms with Gasteiger partial charge in [-0.2, -0.15) is 0 Å². The fraction of sp³-hybridized carbons (Fsp3) is 0.588. The Morgan fingerprint density at radius 1 is 1.09 bits per heavy atom. The number of rotatable bonds is 10. The normalized spacial score (nSPS) is 11.4. The Hall–Kier alpha value is -1.56. The molecule has 1 rings (SSSR count). The predicted octanol–water partition coefficient (Wildman–Crippen LogP) is 3.87. The van der Waals surface area contributed by atoms with E-state index in [0.717, 1.165) is 19.3 Å². The zero-order chi connectivity index (χ0) is 17.3. The number of sulfone groups is 1. The first kappa shape index (κ1) is 19.5. The van der Waals surface area contributed by atoms with Crippen LogP contribution in [0.3, 0.4) is 0 Å². The highest BCUT2D eigenvalue weighted by Crippen LogP contribution is 2.27. The van der Waals surface area contributed by atoms with Gasteiger partial charge in [0.15, 0.2) is 9.84 Å². The Labute approximate surface area is 139 Å². The van der Waals surface area contributed by atoms with E-state index in [1.807, 2.05) is 0 Å². The van der Waals surface area contributed by atoms with E-state index < -0.39 is 9.84 Å². The van der Waals surface area contributed by atoms with Crippen LogP contribution in [0, 0.1) is 0 Å². The molecule has 130 valence electrons. The highest BCUT2D eigenvalue weighted by atomic mass is 32.2. The van der Waals surface area contributed by atoms with Crippen LogP contribution in [0.15, 0.2) is 23.1 Å². The van der Waals surface area contributed by atoms with Gasteiger partial charge in [0.25, 0.3) is 0 Å². The molecule has 5 nitrogen and oxygen atoms in total. The zero-order valence-corrected chi connectivity index (χ0v) is 14.8. The molecule has 0 radical (unpaired) electrons. The number of amides is 1. The van der Waals surface area contributed by atoms with Crippen molar-refractivity contribution in [3.63, 3.8) is 0 Å². The maximum atomic E-state index is 11.9. The molecule has 0 saturated heterocycles. The molecule has 2 N–H and O–H groups in total. The zero-order valence-electron chi connectivity index (χ0n) is 14.0. The van der Waals surface area contributed by atoms with E-state index in [0.29, 0.717) is 6.42 Å². The average Bonchev–Trinajstić information content (AvgIpc) is 2.52. The molecule has 0 spiro atoms. The number of carbonyl (C=O) groups excluding carboxylic acids is 1. The van der Waals surface area contributed by atoms with Crippen LogP contribution in [-0.4, -0.2) is 25.2 Å². The van der Waals surface area contributed by atoms with Gasteiger partial charge in [0.2, 0.25) is 5.91 Å². The standard InChI is InChI=1S/C17H27NO4S/c1-3-5-6-7-8-9-10-17(20)18-15-13-14(11-12-16(15)19)23(21,22)4-2/h11-13,19H,3-10H2,1-2H3,(H,18,20). The number of hydrogen-bond donors (Lipinski definition) is 2. The van der Waals surface area contributed by atoms with Gasteiger partial charge >= 0.3 is 0 Å². The van der Waals surface area contributed by atoms with Gasteiger partial charge in [0, 0.05) is 6.42 Å². The molecule has 6 heteroatoms. The molecule has 1 aromatic rings. The van der Waals surface area contributed by atoms with Gasteiger partial charge in [-0.05, 0) is 24.6 Å². The molecule has 0 fully saturated rings. The molecule has 0 heterocycles. The van der Waals surface area contributed by atoms with Gasteiger partial charge in [-0.15, -0.1) is 0 Å². The first-order valence-corrected chi connectivity index (χ1v) is 9.91. The van der Waals surface area contributed by atoms with Crippen LogP contribution in [0.5, 0.6) is 5.75 Å². The Bertz CT molecular complexity index is 611. The quantitative estimate of drug-likeness (QED) is 0.500. The molecule has 0 atom stereocenters. The number of benzene rings is 1. The van der Waals surface area contributed by atoms with Crippen LogP contribution in [0.2, 0.25) is 0 Å². The van der Waals surface area contributed by atoms with Crippen molar-refractivity contribution in [2.24, 2.45) is 0 Å². The van der Waals surface area contributed by atoms with Crippen LogP contribution in [-0.2, 0) is 14.6 Å². The van der Waals surface area contributed by atoms with Crippen LogP contribution in [0.4, 0.5) is 5.69 Å². The summed E-state index contributed by atoms with van der Waals surface area (Å²) in [5, 5.41) is 12.4. The molecular formula is C17H27NO4S. The van der Waals surface area contributed by atoms with Crippen LogP contribution < -0.4 is 5.32 Å². The molecule has 0 aliphatic rings. The van der Waals surface area contributed by atoms with Gasteiger partial charge in [0.1, 0.15) is 5.75 Å². The second-order valence-electron chi connectivity index (χ2n) is 5.65. The molecule has 0 saturated carbocycles. The average molecular weight is 341 g/mol. The van der Waals surface area contributed by atoms with Crippen molar-refractivity contribution in [1.29, 1.82) is 0 Å². The third kappa shape index (κ3) is 6.60. The van der Waals surface area contributed by atoms with Crippen LogP contribution >= 0.6 is 0 Å². The van der Waals surface area contributed by atoms with E-state index in [2.05, 4.69) is 12.2 Å². The lowest BCUT2D eigenvalue weighted by molar-refractivity contribution is -0.116. The second kappa shape index (κ2) is 9.55. The van der Waals surface area contributed by atoms with E-state index in [4.69, 9.17) is 0 Å². The number of phenols is 1. The number of hydrogen-bond acceptors (Lipinski definition) is 4. The Balaban J connectivity index is 2.56. The smallest absolute Gasteiger partial charge is 0.224 e. The lowest BCUT2D eigenvalue weighted by Crippen LogP contribution is -2.12. The monoisotopic (exact) mass is 341 g/mol. The summed E-state index contributed by atoms with van der Waals surface area (Å²) in [5.41, 5.74) is 0.149. The summed E-state index contributed by atoms with van der Waals surface area (Å²) in [7, 11) is -3.37. The van der Waals surface area contributed by atoms with Gasteiger partial charge < -0.3 is 10.4 Å². The highest BCUT2D eigenvalue weighted by molar-refractivity contribution is 7.91. The maximum absolute atomic E-state index is 11.9. The lowest BCUT2D eigenvalue weighted by Gasteiger charge is -2.09. The summed E-state index contributed by atoms with van der Waals surface area (Å²) >= 11 is 0. The van der Waals surface area contributed by atoms with Gasteiger partial charge in [-0.3, -0.25) is 4.79 Å². The summed E-state index contributed by atoms with van der Waals surface area (Å²) in [6, 6.07) is 3.95. The van der Waals surface area contributed by atoms with Gasteiger partial charge in [-0.25, -0.2) is 8.42 Å². The van der Waals surface area contributed by atoms with Crippen molar-refractivity contribution >= 4 is 21.4 Å². The van der Waals surface area contributed by atoms with Crippen molar-refractivity contribution < 1.29 is 18.3 Å². The minimum atomic E-state index is -3.37. The Morgan fingerprint density at radius 3 is 2.39 bits per heavy atom. The van der Waals surface area contributed by atoms with Crippen molar-refractivity contribution in [1.82, 2.24) is 0 Å². The lowest BCUT2D eigenvalue weighted by atomic mass is 10.1. The number of anilines is 1. The van der Waals surface area contributed by atoms with E-state index in [1.165, 1.54) is 37.5 Å². The van der Waals surface area contributed by atoms with Crippen molar-refractivity contribution in [3.05, 3.63) is 18.2 Å². The Kier molecular flexibility index (Phi) is 8.09. The molecule has 0 aromatic heterocycles. The Morgan fingerprint density at radius 2 is 1.74 bits per heavy atom. The number of aromatic hydroxyl groups is 1. The number of phenolic OH excluding ortho intramolecular Hbond substituents is 1. The van der Waals surface area contributed by atoms with Crippen molar-refractivity contribution in [2.45, 2.75) is 63.7 Å². The maximum Gasteiger partial charge on any atom is 0.224 e. The molecule has 0 unspecified atom stereocenters.